The third-order valence-electron chi connectivity index (χ3n) is 6.32. The van der Waals surface area contributed by atoms with Gasteiger partial charge in [0.05, 0.1) is 0 Å². The van der Waals surface area contributed by atoms with Gasteiger partial charge in [-0.3, -0.25) is 14.5 Å². The lowest BCUT2D eigenvalue weighted by Gasteiger charge is -2.35. The number of carbonyl (C=O) groups excluding carboxylic acids is 3. The second-order valence-electron chi connectivity index (χ2n) is 10.5. The highest BCUT2D eigenvalue weighted by Crippen LogP contribution is 2.35. The lowest BCUT2D eigenvalue weighted by molar-refractivity contribution is -0.128. The highest BCUT2D eigenvalue weighted by molar-refractivity contribution is 7.98. The van der Waals surface area contributed by atoms with E-state index in [1.807, 2.05) is 30.5 Å². The molecule has 1 aliphatic carbocycles. The van der Waals surface area contributed by atoms with E-state index < -0.39 is 35.5 Å². The Kier molecular flexibility index (Phi) is 10.2. The first-order valence-electron chi connectivity index (χ1n) is 13.0. The van der Waals surface area contributed by atoms with Crippen LogP contribution in [-0.4, -0.2) is 41.8 Å². The summed E-state index contributed by atoms with van der Waals surface area (Å²) in [6.07, 6.45) is 6.06. The first-order chi connectivity index (χ1) is 18.0. The monoisotopic (exact) mass is 543 g/mol. The Morgan fingerprint density at radius 1 is 1.05 bits per heavy atom. The van der Waals surface area contributed by atoms with Crippen LogP contribution in [0.5, 0.6) is 0 Å². The van der Waals surface area contributed by atoms with Gasteiger partial charge in [0.15, 0.2) is 0 Å². The molecule has 38 heavy (non-hydrogen) atoms. The largest absolute Gasteiger partial charge is 0.444 e. The Morgan fingerprint density at radius 3 is 2.37 bits per heavy atom. The van der Waals surface area contributed by atoms with E-state index in [2.05, 4.69) is 10.6 Å². The molecule has 0 aromatic heterocycles. The van der Waals surface area contributed by atoms with Crippen molar-refractivity contribution in [1.82, 2.24) is 10.6 Å². The predicted molar refractivity (Wildman–Crippen MR) is 149 cm³/mol. The second kappa shape index (κ2) is 13.1. The van der Waals surface area contributed by atoms with E-state index in [4.69, 9.17) is 4.74 Å². The zero-order valence-electron chi connectivity index (χ0n) is 22.8. The van der Waals surface area contributed by atoms with Crippen molar-refractivity contribution in [3.63, 3.8) is 0 Å². The van der Waals surface area contributed by atoms with E-state index in [1.165, 1.54) is 41.8 Å². The van der Waals surface area contributed by atoms with E-state index in [1.54, 1.807) is 26.8 Å². The summed E-state index contributed by atoms with van der Waals surface area (Å²) in [5, 5.41) is 5.72. The van der Waals surface area contributed by atoms with Gasteiger partial charge in [0.2, 0.25) is 11.8 Å². The van der Waals surface area contributed by atoms with Gasteiger partial charge in [-0.1, -0.05) is 43.5 Å². The van der Waals surface area contributed by atoms with Crippen LogP contribution < -0.4 is 15.5 Å². The van der Waals surface area contributed by atoms with Crippen molar-refractivity contribution in [3.05, 3.63) is 59.9 Å². The molecule has 1 saturated carbocycles. The van der Waals surface area contributed by atoms with Gasteiger partial charge in [0, 0.05) is 16.6 Å². The Labute approximate surface area is 228 Å². The number of thioether (sulfide) groups is 1. The summed E-state index contributed by atoms with van der Waals surface area (Å²) in [5.41, 5.74) is 0.0809. The van der Waals surface area contributed by atoms with E-state index in [-0.39, 0.29) is 17.6 Å². The minimum Gasteiger partial charge on any atom is -0.444 e. The number of carbonyl (C=O) groups is 3. The normalized spacial score (nSPS) is 15.7. The van der Waals surface area contributed by atoms with Crippen LogP contribution in [0.3, 0.4) is 0 Å². The van der Waals surface area contributed by atoms with Crippen molar-refractivity contribution in [1.29, 1.82) is 0 Å². The Hall–Kier alpha value is -3.07. The molecule has 2 aromatic carbocycles. The highest BCUT2D eigenvalue weighted by Gasteiger charge is 2.38. The molecule has 0 bridgehead atoms. The molecule has 3 amide bonds. The molecule has 0 spiro atoms. The first kappa shape index (κ1) is 29.5. The number of nitrogens with one attached hydrogen (secondary N) is 2. The van der Waals surface area contributed by atoms with Crippen molar-refractivity contribution in [3.8, 4) is 0 Å². The van der Waals surface area contributed by atoms with Gasteiger partial charge in [-0.05, 0) is 76.6 Å². The van der Waals surface area contributed by atoms with E-state index in [0.717, 1.165) is 37.0 Å². The maximum Gasteiger partial charge on any atom is 0.408 e. The Balaban J connectivity index is 2.07. The van der Waals surface area contributed by atoms with Crippen molar-refractivity contribution < 1.29 is 23.5 Å². The molecule has 1 aliphatic rings. The fraction of sp³-hybridized carbons (Fsp3) is 0.483. The number of alkyl carbamates (subject to hydrolysis) is 1. The zero-order valence-corrected chi connectivity index (χ0v) is 23.6. The van der Waals surface area contributed by atoms with Gasteiger partial charge in [-0.25, -0.2) is 9.18 Å². The van der Waals surface area contributed by atoms with Crippen LogP contribution in [-0.2, 0) is 14.3 Å². The molecule has 0 heterocycles. The van der Waals surface area contributed by atoms with E-state index >= 15 is 0 Å². The van der Waals surface area contributed by atoms with Gasteiger partial charge in [-0.2, -0.15) is 0 Å². The molecule has 0 saturated heterocycles. The van der Waals surface area contributed by atoms with Crippen LogP contribution in [0.15, 0.2) is 53.4 Å². The molecule has 2 aromatic rings. The minimum atomic E-state index is -1.09. The standard InChI is InChI=1S/C29H38FN3O4S/c1-19(31-28(36)37-29(2,3)4)27(35)33(22-15-11-12-20(30)18-22)25(23-16-9-10-17-24(23)38-5)26(34)32-21-13-7-6-8-14-21/h9-12,15-19,21,25H,6-8,13-14H2,1-5H3,(H,31,36)(H,32,34). The molecule has 1 fully saturated rings. The Bertz CT molecular complexity index is 1130. The number of anilines is 1. The number of hydrogen-bond acceptors (Lipinski definition) is 5. The predicted octanol–water partition coefficient (Wildman–Crippen LogP) is 5.98. The molecule has 2 N–H and O–H groups in total. The third-order valence-corrected chi connectivity index (χ3v) is 7.13. The fourth-order valence-corrected chi connectivity index (χ4v) is 5.23. The lowest BCUT2D eigenvalue weighted by atomic mass is 9.94. The molecule has 0 aliphatic heterocycles. The van der Waals surface area contributed by atoms with Gasteiger partial charge in [0.1, 0.15) is 23.5 Å². The smallest absolute Gasteiger partial charge is 0.408 e. The molecule has 206 valence electrons. The van der Waals surface area contributed by atoms with Crippen LogP contribution in [0.4, 0.5) is 14.9 Å². The summed E-state index contributed by atoms with van der Waals surface area (Å²) in [6.45, 7) is 6.70. The number of halogens is 1. The average Bonchev–Trinajstić information content (AvgIpc) is 2.86. The SMILES string of the molecule is CSc1ccccc1C(C(=O)NC1CCCCC1)N(C(=O)C(C)NC(=O)OC(C)(C)C)c1cccc(F)c1. The Morgan fingerprint density at radius 2 is 1.74 bits per heavy atom. The number of nitrogens with zero attached hydrogens (tertiary/aromatic N) is 1. The van der Waals surface area contributed by atoms with E-state index in [0.29, 0.717) is 5.56 Å². The molecule has 0 radical (unpaired) electrons. The van der Waals surface area contributed by atoms with Gasteiger partial charge in [0.25, 0.3) is 0 Å². The molecule has 3 rings (SSSR count). The van der Waals surface area contributed by atoms with Crippen LogP contribution >= 0.6 is 11.8 Å². The highest BCUT2D eigenvalue weighted by atomic mass is 32.2. The maximum atomic E-state index is 14.4. The average molecular weight is 544 g/mol. The molecule has 9 heteroatoms. The molecule has 2 unspecified atom stereocenters. The summed E-state index contributed by atoms with van der Waals surface area (Å²) in [7, 11) is 0. The van der Waals surface area contributed by atoms with Crippen LogP contribution in [0.25, 0.3) is 0 Å². The minimum absolute atomic E-state index is 0.00182. The van der Waals surface area contributed by atoms with Crippen molar-refractivity contribution >= 4 is 35.4 Å². The molecular weight excluding hydrogens is 505 g/mol. The van der Waals surface area contributed by atoms with E-state index in [9.17, 15) is 18.8 Å². The van der Waals surface area contributed by atoms with Crippen molar-refractivity contribution in [2.75, 3.05) is 11.2 Å². The summed E-state index contributed by atoms with van der Waals surface area (Å²) in [5.74, 6) is -1.46. The van der Waals surface area contributed by atoms with Crippen LogP contribution in [0.2, 0.25) is 0 Å². The molecular formula is C29H38FN3O4S. The summed E-state index contributed by atoms with van der Waals surface area (Å²) < 4.78 is 19.8. The van der Waals surface area contributed by atoms with Gasteiger partial charge < -0.3 is 15.4 Å². The summed E-state index contributed by atoms with van der Waals surface area (Å²) in [6, 6.07) is 10.8. The quantitative estimate of drug-likeness (QED) is 0.400. The number of ether oxygens (including phenoxy) is 1. The number of benzene rings is 2. The first-order valence-corrected chi connectivity index (χ1v) is 14.2. The number of rotatable bonds is 8. The molecule has 2 atom stereocenters. The van der Waals surface area contributed by atoms with Crippen LogP contribution in [0.1, 0.15) is 71.4 Å². The lowest BCUT2D eigenvalue weighted by Crippen LogP contribution is -2.53. The van der Waals surface area contributed by atoms with Crippen molar-refractivity contribution in [2.24, 2.45) is 0 Å². The number of amides is 3. The maximum absolute atomic E-state index is 14.4. The summed E-state index contributed by atoms with van der Waals surface area (Å²) in [4.78, 5) is 42.6. The van der Waals surface area contributed by atoms with Gasteiger partial charge in [-0.15, -0.1) is 11.8 Å². The topological polar surface area (TPSA) is 87.7 Å². The zero-order chi connectivity index (χ0) is 27.9. The fourth-order valence-electron chi connectivity index (χ4n) is 4.60. The summed E-state index contributed by atoms with van der Waals surface area (Å²) >= 11 is 1.46. The molecule has 7 nitrogen and oxygen atoms in total. The number of hydrogen-bond donors (Lipinski definition) is 2. The second-order valence-corrected chi connectivity index (χ2v) is 11.4. The van der Waals surface area contributed by atoms with Crippen molar-refractivity contribution in [2.45, 2.75) is 88.4 Å². The third kappa shape index (κ3) is 7.96. The van der Waals surface area contributed by atoms with Crippen LogP contribution in [0, 0.1) is 5.82 Å². The van der Waals surface area contributed by atoms with Gasteiger partial charge >= 0.3 is 6.09 Å².